The molecule has 0 radical (unpaired) electrons. The van der Waals surface area contributed by atoms with Gasteiger partial charge >= 0.3 is 0 Å². The van der Waals surface area contributed by atoms with Crippen LogP contribution in [0.5, 0.6) is 0 Å². The molecule has 1 aromatic rings. The smallest absolute Gasteiger partial charge is 0.0987 e. The molecule has 0 spiro atoms. The summed E-state index contributed by atoms with van der Waals surface area (Å²) in [5.41, 5.74) is -0.557. The van der Waals surface area contributed by atoms with Crippen LogP contribution in [0.15, 0.2) is 12.1 Å². The molecular formula is C10H14OS. The quantitative estimate of drug-likeness (QED) is 0.745. The molecule has 2 rings (SSSR count). The normalized spacial score (nSPS) is 22.2. The Hall–Kier alpha value is -0.340. The van der Waals surface area contributed by atoms with E-state index >= 15 is 0 Å². The maximum absolute atomic E-state index is 10.1. The van der Waals surface area contributed by atoms with E-state index in [0.717, 1.165) is 4.88 Å². The standard InChI is InChI=1S/C10H14OS/c1-7-3-6-9(12-7)10(2,11)8-4-5-8/h3,6,8,11H,4-5H2,1-2H3/t10-/m0/s1. The summed E-state index contributed by atoms with van der Waals surface area (Å²) in [4.78, 5) is 2.41. The van der Waals surface area contributed by atoms with Crippen molar-refractivity contribution in [1.29, 1.82) is 0 Å². The first-order valence-corrected chi connectivity index (χ1v) is 5.21. The number of hydrogen-bond donors (Lipinski definition) is 1. The Bertz CT molecular complexity index is 284. The van der Waals surface area contributed by atoms with Crippen LogP contribution in [0.4, 0.5) is 0 Å². The van der Waals surface area contributed by atoms with Gasteiger partial charge < -0.3 is 5.11 Å². The van der Waals surface area contributed by atoms with Crippen molar-refractivity contribution in [3.8, 4) is 0 Å². The fourth-order valence-electron chi connectivity index (χ4n) is 1.55. The molecule has 0 amide bonds. The van der Waals surface area contributed by atoms with E-state index in [9.17, 15) is 5.11 Å². The van der Waals surface area contributed by atoms with E-state index in [1.807, 2.05) is 6.92 Å². The van der Waals surface area contributed by atoms with Crippen molar-refractivity contribution in [3.05, 3.63) is 21.9 Å². The van der Waals surface area contributed by atoms with E-state index < -0.39 is 5.60 Å². The predicted molar refractivity (Wildman–Crippen MR) is 51.4 cm³/mol. The van der Waals surface area contributed by atoms with Gasteiger partial charge in [0.1, 0.15) is 0 Å². The molecule has 1 aliphatic carbocycles. The van der Waals surface area contributed by atoms with Crippen LogP contribution in [0.25, 0.3) is 0 Å². The zero-order valence-corrected chi connectivity index (χ0v) is 8.32. The molecule has 0 saturated heterocycles. The predicted octanol–water partition coefficient (Wildman–Crippen LogP) is 2.67. The maximum atomic E-state index is 10.1. The molecule has 1 heterocycles. The summed E-state index contributed by atoms with van der Waals surface area (Å²) in [7, 11) is 0. The van der Waals surface area contributed by atoms with Gasteiger partial charge in [-0.25, -0.2) is 0 Å². The van der Waals surface area contributed by atoms with Gasteiger partial charge in [-0.1, -0.05) is 0 Å². The largest absolute Gasteiger partial charge is 0.384 e. The number of aliphatic hydroxyl groups is 1. The van der Waals surface area contributed by atoms with Gasteiger partial charge in [-0.2, -0.15) is 0 Å². The van der Waals surface area contributed by atoms with Gasteiger partial charge in [0.2, 0.25) is 0 Å². The molecule has 12 heavy (non-hydrogen) atoms. The molecule has 0 aliphatic heterocycles. The molecule has 1 N–H and O–H groups in total. The lowest BCUT2D eigenvalue weighted by molar-refractivity contribution is 0.0368. The first-order valence-electron chi connectivity index (χ1n) is 4.40. The summed E-state index contributed by atoms with van der Waals surface area (Å²) in [5, 5.41) is 10.1. The van der Waals surface area contributed by atoms with Crippen LogP contribution < -0.4 is 0 Å². The molecule has 0 aromatic carbocycles. The van der Waals surface area contributed by atoms with E-state index in [1.165, 1.54) is 17.7 Å². The Kier molecular flexibility index (Phi) is 1.77. The summed E-state index contributed by atoms with van der Waals surface area (Å²) >= 11 is 1.71. The monoisotopic (exact) mass is 182 g/mol. The van der Waals surface area contributed by atoms with E-state index in [-0.39, 0.29) is 0 Å². The average Bonchev–Trinajstić information content (AvgIpc) is 2.75. The molecule has 2 heteroatoms. The molecule has 1 aliphatic rings. The lowest BCUT2D eigenvalue weighted by Crippen LogP contribution is -2.21. The van der Waals surface area contributed by atoms with Gasteiger partial charge in [0.25, 0.3) is 0 Å². The van der Waals surface area contributed by atoms with Gasteiger partial charge in [-0.3, -0.25) is 0 Å². The van der Waals surface area contributed by atoms with Crippen molar-refractivity contribution >= 4 is 11.3 Å². The number of rotatable bonds is 2. The molecule has 1 nitrogen and oxygen atoms in total. The van der Waals surface area contributed by atoms with E-state index in [1.54, 1.807) is 11.3 Å². The Morgan fingerprint density at radius 1 is 1.50 bits per heavy atom. The van der Waals surface area contributed by atoms with Crippen molar-refractivity contribution in [3.63, 3.8) is 0 Å². The highest BCUT2D eigenvalue weighted by atomic mass is 32.1. The van der Waals surface area contributed by atoms with Gasteiger partial charge in [0, 0.05) is 9.75 Å². The third-order valence-electron chi connectivity index (χ3n) is 2.61. The van der Waals surface area contributed by atoms with Crippen molar-refractivity contribution in [2.45, 2.75) is 32.3 Å². The Morgan fingerprint density at radius 3 is 2.58 bits per heavy atom. The minimum Gasteiger partial charge on any atom is -0.384 e. The molecule has 1 fully saturated rings. The second-order valence-corrected chi connectivity index (χ2v) is 5.12. The number of aryl methyl sites for hydroxylation is 1. The summed E-state index contributed by atoms with van der Waals surface area (Å²) in [6, 6.07) is 4.13. The first-order chi connectivity index (χ1) is 5.60. The summed E-state index contributed by atoms with van der Waals surface area (Å²) in [5.74, 6) is 0.510. The maximum Gasteiger partial charge on any atom is 0.0987 e. The van der Waals surface area contributed by atoms with E-state index in [2.05, 4.69) is 19.1 Å². The van der Waals surface area contributed by atoms with Gasteiger partial charge in [-0.05, 0) is 44.7 Å². The van der Waals surface area contributed by atoms with E-state index in [4.69, 9.17) is 0 Å². The molecule has 1 saturated carbocycles. The minimum atomic E-state index is -0.557. The SMILES string of the molecule is Cc1ccc([C@@](C)(O)C2CC2)s1. The van der Waals surface area contributed by atoms with Crippen LogP contribution in [0.2, 0.25) is 0 Å². The topological polar surface area (TPSA) is 20.2 Å². The summed E-state index contributed by atoms with van der Waals surface area (Å²) in [6.45, 7) is 4.02. The number of thiophene rings is 1. The lowest BCUT2D eigenvalue weighted by atomic mass is 9.99. The number of hydrogen-bond acceptors (Lipinski definition) is 2. The van der Waals surface area contributed by atoms with Crippen molar-refractivity contribution in [2.24, 2.45) is 5.92 Å². The van der Waals surface area contributed by atoms with Gasteiger partial charge in [0.05, 0.1) is 5.60 Å². The Balaban J connectivity index is 2.27. The fourth-order valence-corrected chi connectivity index (χ4v) is 2.55. The van der Waals surface area contributed by atoms with Crippen molar-refractivity contribution < 1.29 is 5.11 Å². The average molecular weight is 182 g/mol. The van der Waals surface area contributed by atoms with Gasteiger partial charge in [0.15, 0.2) is 0 Å². The molecule has 66 valence electrons. The molecule has 1 aromatic heterocycles. The van der Waals surface area contributed by atoms with Crippen molar-refractivity contribution in [1.82, 2.24) is 0 Å². The molecule has 0 unspecified atom stereocenters. The first kappa shape index (κ1) is 8.27. The Labute approximate surface area is 77.0 Å². The van der Waals surface area contributed by atoms with Crippen LogP contribution in [0.3, 0.4) is 0 Å². The third kappa shape index (κ3) is 1.29. The van der Waals surface area contributed by atoms with Crippen LogP contribution in [0, 0.1) is 12.8 Å². The zero-order chi connectivity index (χ0) is 8.77. The van der Waals surface area contributed by atoms with E-state index in [0.29, 0.717) is 5.92 Å². The van der Waals surface area contributed by atoms with Crippen molar-refractivity contribution in [2.75, 3.05) is 0 Å². The summed E-state index contributed by atoms with van der Waals surface area (Å²) in [6.07, 6.45) is 2.37. The van der Waals surface area contributed by atoms with Crippen LogP contribution in [0.1, 0.15) is 29.5 Å². The lowest BCUT2D eigenvalue weighted by Gasteiger charge is -2.20. The highest BCUT2D eigenvalue weighted by molar-refractivity contribution is 7.12. The molecule has 0 bridgehead atoms. The fraction of sp³-hybridized carbons (Fsp3) is 0.600. The van der Waals surface area contributed by atoms with Crippen LogP contribution >= 0.6 is 11.3 Å². The second-order valence-electron chi connectivity index (χ2n) is 3.83. The zero-order valence-electron chi connectivity index (χ0n) is 7.50. The van der Waals surface area contributed by atoms with Crippen LogP contribution in [-0.2, 0) is 5.60 Å². The Morgan fingerprint density at radius 2 is 2.17 bits per heavy atom. The highest BCUT2D eigenvalue weighted by Gasteiger charge is 2.41. The molecule has 1 atom stereocenters. The third-order valence-corrected chi connectivity index (χ3v) is 3.84. The molecular weight excluding hydrogens is 168 g/mol. The summed E-state index contributed by atoms with van der Waals surface area (Å²) < 4.78 is 0. The minimum absolute atomic E-state index is 0.510. The second kappa shape index (κ2) is 2.57. The van der Waals surface area contributed by atoms with Crippen LogP contribution in [-0.4, -0.2) is 5.11 Å². The van der Waals surface area contributed by atoms with Gasteiger partial charge in [-0.15, -0.1) is 11.3 Å². The highest BCUT2D eigenvalue weighted by Crippen LogP contribution is 2.47.